The lowest BCUT2D eigenvalue weighted by Gasteiger charge is -2.36. The Hall–Kier alpha value is -2.80. The van der Waals surface area contributed by atoms with Crippen molar-refractivity contribution in [2.24, 2.45) is 5.92 Å². The summed E-state index contributed by atoms with van der Waals surface area (Å²) in [7, 11) is 0. The summed E-state index contributed by atoms with van der Waals surface area (Å²) in [5, 5.41) is 13.8. The van der Waals surface area contributed by atoms with Crippen molar-refractivity contribution in [2.45, 2.75) is 50.0 Å². The molecule has 0 spiro atoms. The van der Waals surface area contributed by atoms with Gasteiger partial charge in [0.1, 0.15) is 17.5 Å². The van der Waals surface area contributed by atoms with Crippen LogP contribution >= 0.6 is 0 Å². The van der Waals surface area contributed by atoms with Crippen molar-refractivity contribution in [3.8, 4) is 11.3 Å². The van der Waals surface area contributed by atoms with Gasteiger partial charge in [-0.05, 0) is 73.1 Å². The van der Waals surface area contributed by atoms with E-state index in [1.54, 1.807) is 12.1 Å². The zero-order valence-electron chi connectivity index (χ0n) is 17.6. The van der Waals surface area contributed by atoms with Crippen molar-refractivity contribution in [1.29, 1.82) is 0 Å². The third kappa shape index (κ3) is 3.79. The van der Waals surface area contributed by atoms with Crippen LogP contribution in [0.4, 0.5) is 13.2 Å². The molecule has 0 aliphatic heterocycles. The van der Waals surface area contributed by atoms with Crippen LogP contribution in [0.15, 0.2) is 36.4 Å². The zero-order chi connectivity index (χ0) is 22.5. The van der Waals surface area contributed by atoms with Crippen LogP contribution < -0.4 is 5.32 Å². The number of aromatic nitrogens is 1. The van der Waals surface area contributed by atoms with E-state index in [1.165, 1.54) is 18.2 Å². The highest BCUT2D eigenvalue weighted by Crippen LogP contribution is 2.48. The highest BCUT2D eigenvalue weighted by atomic mass is 19.1. The molecule has 0 unspecified atom stereocenters. The van der Waals surface area contributed by atoms with E-state index >= 15 is 0 Å². The molecule has 3 N–H and O–H groups in total. The van der Waals surface area contributed by atoms with E-state index in [4.69, 9.17) is 0 Å². The number of aromatic amines is 1. The van der Waals surface area contributed by atoms with Crippen LogP contribution in [-0.4, -0.2) is 28.1 Å². The molecule has 2 aromatic carbocycles. The van der Waals surface area contributed by atoms with Crippen LogP contribution in [-0.2, 0) is 4.79 Å². The molecule has 2 aliphatic carbocycles. The molecule has 2 saturated carbocycles. The fraction of sp³-hybridized carbons (Fsp3) is 0.400. The number of H-pyrrole nitrogens is 1. The number of nitrogens with one attached hydrogen (secondary N) is 2. The summed E-state index contributed by atoms with van der Waals surface area (Å²) in [5.41, 5.74) is 1.45. The number of amides is 1. The van der Waals surface area contributed by atoms with Crippen LogP contribution in [0.2, 0.25) is 0 Å². The second kappa shape index (κ2) is 7.96. The van der Waals surface area contributed by atoms with Crippen molar-refractivity contribution in [1.82, 2.24) is 10.3 Å². The predicted molar refractivity (Wildman–Crippen MR) is 116 cm³/mol. The second-order valence-electron chi connectivity index (χ2n) is 9.25. The fourth-order valence-electron chi connectivity index (χ4n) is 5.18. The molecule has 1 amide bonds. The lowest BCUT2D eigenvalue weighted by atomic mass is 9.69. The molecule has 0 saturated heterocycles. The largest absolute Gasteiger partial charge is 0.388 e. The molecular weight excluding hydrogens is 417 g/mol. The molecule has 1 heterocycles. The highest BCUT2D eigenvalue weighted by molar-refractivity contribution is 5.92. The molecule has 168 valence electrons. The number of halogens is 3. The minimum Gasteiger partial charge on any atom is -0.388 e. The standard InChI is InChI=1S/C25H25F3N2O2/c26-17-5-3-14(4-6-17)22-21(19-11-18(27)12-20(28)23(19)30-22)15-9-16(10-15)24(31)29-13-25(32)7-1-2-8-25/h3-6,11-12,15-16,30,32H,1-2,7-10,13H2,(H,29,31)/t15-,16-. The molecule has 4 nitrogen and oxygen atoms in total. The first-order valence-corrected chi connectivity index (χ1v) is 11.1. The molecule has 5 rings (SSSR count). The first-order chi connectivity index (χ1) is 15.3. The summed E-state index contributed by atoms with van der Waals surface area (Å²) in [4.78, 5) is 15.7. The van der Waals surface area contributed by atoms with Crippen molar-refractivity contribution in [3.63, 3.8) is 0 Å². The van der Waals surface area contributed by atoms with Crippen LogP contribution in [0.5, 0.6) is 0 Å². The Balaban J connectivity index is 1.39. The molecule has 1 aromatic heterocycles. The smallest absolute Gasteiger partial charge is 0.223 e. The third-order valence-electron chi connectivity index (χ3n) is 7.04. The number of hydrogen-bond donors (Lipinski definition) is 3. The van der Waals surface area contributed by atoms with Gasteiger partial charge in [-0.25, -0.2) is 13.2 Å². The Kier molecular flexibility index (Phi) is 5.24. The van der Waals surface area contributed by atoms with Gasteiger partial charge in [-0.2, -0.15) is 0 Å². The molecule has 0 atom stereocenters. The normalized spacial score (nSPS) is 22.1. The van der Waals surface area contributed by atoms with Crippen molar-refractivity contribution in [3.05, 3.63) is 59.4 Å². The van der Waals surface area contributed by atoms with E-state index in [0.29, 0.717) is 42.3 Å². The Morgan fingerprint density at radius 3 is 2.44 bits per heavy atom. The molecule has 2 aliphatic rings. The number of carbonyl (C=O) groups is 1. The van der Waals surface area contributed by atoms with Gasteiger partial charge < -0.3 is 15.4 Å². The lowest BCUT2D eigenvalue weighted by molar-refractivity contribution is -0.129. The summed E-state index contributed by atoms with van der Waals surface area (Å²) in [6.07, 6.45) is 4.44. The fourth-order valence-corrected chi connectivity index (χ4v) is 5.18. The summed E-state index contributed by atoms with van der Waals surface area (Å²) in [6.45, 7) is 0.261. The van der Waals surface area contributed by atoms with Gasteiger partial charge >= 0.3 is 0 Å². The monoisotopic (exact) mass is 442 g/mol. The van der Waals surface area contributed by atoms with E-state index in [2.05, 4.69) is 10.3 Å². The highest BCUT2D eigenvalue weighted by Gasteiger charge is 2.39. The van der Waals surface area contributed by atoms with Crippen LogP contribution in [0, 0.1) is 23.4 Å². The maximum absolute atomic E-state index is 14.5. The minimum absolute atomic E-state index is 0.0599. The zero-order valence-corrected chi connectivity index (χ0v) is 17.6. The van der Waals surface area contributed by atoms with E-state index in [0.717, 1.165) is 24.5 Å². The third-order valence-corrected chi connectivity index (χ3v) is 7.04. The minimum atomic E-state index is -0.805. The van der Waals surface area contributed by atoms with E-state index in [1.807, 2.05) is 0 Å². The average Bonchev–Trinajstić information content (AvgIpc) is 3.31. The molecule has 7 heteroatoms. The number of aliphatic hydroxyl groups is 1. The van der Waals surface area contributed by atoms with Gasteiger partial charge in [0.15, 0.2) is 0 Å². The predicted octanol–water partition coefficient (Wildman–Crippen LogP) is 5.17. The van der Waals surface area contributed by atoms with Crippen LogP contribution in [0.25, 0.3) is 22.2 Å². The van der Waals surface area contributed by atoms with Gasteiger partial charge in [-0.3, -0.25) is 4.79 Å². The summed E-state index contributed by atoms with van der Waals surface area (Å²) in [5.74, 6) is -2.10. The molecule has 0 radical (unpaired) electrons. The quantitative estimate of drug-likeness (QED) is 0.511. The van der Waals surface area contributed by atoms with E-state index in [9.17, 15) is 23.1 Å². The van der Waals surface area contributed by atoms with Crippen LogP contribution in [0.1, 0.15) is 50.0 Å². The summed E-state index contributed by atoms with van der Waals surface area (Å²) < 4.78 is 41.9. The van der Waals surface area contributed by atoms with Crippen LogP contribution in [0.3, 0.4) is 0 Å². The lowest BCUT2D eigenvalue weighted by Crippen LogP contribution is -2.45. The Morgan fingerprint density at radius 1 is 1.06 bits per heavy atom. The molecule has 3 aromatic rings. The van der Waals surface area contributed by atoms with Gasteiger partial charge in [-0.15, -0.1) is 0 Å². The summed E-state index contributed by atoms with van der Waals surface area (Å²) in [6, 6.07) is 7.99. The molecule has 32 heavy (non-hydrogen) atoms. The molecule has 0 bridgehead atoms. The number of hydrogen-bond acceptors (Lipinski definition) is 2. The van der Waals surface area contributed by atoms with Gasteiger partial charge in [0.25, 0.3) is 0 Å². The second-order valence-corrected chi connectivity index (χ2v) is 9.25. The van der Waals surface area contributed by atoms with E-state index in [-0.39, 0.29) is 35.6 Å². The topological polar surface area (TPSA) is 65.1 Å². The maximum atomic E-state index is 14.5. The number of benzene rings is 2. The summed E-state index contributed by atoms with van der Waals surface area (Å²) >= 11 is 0. The Morgan fingerprint density at radius 2 is 1.75 bits per heavy atom. The Bertz CT molecular complexity index is 1160. The Labute approximate surface area is 183 Å². The number of rotatable bonds is 5. The average molecular weight is 442 g/mol. The molecule has 2 fully saturated rings. The van der Waals surface area contributed by atoms with Crippen molar-refractivity contribution < 1.29 is 23.1 Å². The first-order valence-electron chi connectivity index (χ1n) is 11.1. The van der Waals surface area contributed by atoms with Crippen molar-refractivity contribution >= 4 is 16.8 Å². The van der Waals surface area contributed by atoms with Gasteiger partial charge in [-0.1, -0.05) is 12.8 Å². The SMILES string of the molecule is O=C(NCC1(O)CCCC1)[C@H]1C[C@H](c2c(-c3ccc(F)cc3)[nH]c3c(F)cc(F)cc32)C1. The first kappa shape index (κ1) is 21.1. The number of carbonyl (C=O) groups excluding carboxylic acids is 1. The maximum Gasteiger partial charge on any atom is 0.223 e. The van der Waals surface area contributed by atoms with Gasteiger partial charge in [0.05, 0.1) is 16.8 Å². The number of fused-ring (bicyclic) bond motifs is 1. The van der Waals surface area contributed by atoms with Gasteiger partial charge in [0.2, 0.25) is 5.91 Å². The van der Waals surface area contributed by atoms with Crippen molar-refractivity contribution in [2.75, 3.05) is 6.54 Å². The van der Waals surface area contributed by atoms with Gasteiger partial charge in [0, 0.05) is 23.9 Å². The molecular formula is C25H25F3N2O2. The van der Waals surface area contributed by atoms with E-state index < -0.39 is 17.2 Å².